The summed E-state index contributed by atoms with van der Waals surface area (Å²) in [6.45, 7) is 4.69. The van der Waals surface area contributed by atoms with Gasteiger partial charge in [0.1, 0.15) is 11.5 Å². The van der Waals surface area contributed by atoms with Gasteiger partial charge in [0.2, 0.25) is 0 Å². The van der Waals surface area contributed by atoms with E-state index in [4.69, 9.17) is 4.11 Å². The summed E-state index contributed by atoms with van der Waals surface area (Å²) in [6, 6.07) is 7.10. The van der Waals surface area contributed by atoms with Crippen LogP contribution in [0.3, 0.4) is 0 Å². The molecular formula is C22H22FN5. The Balaban J connectivity index is 1.81. The molecule has 3 heterocycles. The average Bonchev–Trinajstić information content (AvgIpc) is 3.11. The first-order chi connectivity index (χ1) is 14.5. The molecule has 0 aliphatic heterocycles. The molecule has 6 heteroatoms. The van der Waals surface area contributed by atoms with Gasteiger partial charge in [-0.25, -0.2) is 14.4 Å². The van der Waals surface area contributed by atoms with Crippen molar-refractivity contribution in [2.75, 3.05) is 0 Å². The topological polar surface area (TPSA) is 56.0 Å². The van der Waals surface area contributed by atoms with Crippen LogP contribution in [-0.4, -0.2) is 24.6 Å². The standard InChI is InChI=1S/C22H22FN5/c1-13-8-17(23)20(24-10-13)16-9-15(7-6-14(16)2)18-11-25-21-27-19(22(3,4)5)12-26-28(18)21/h6-12H,1-5H3/i3D3. The number of imidazole rings is 1. The van der Waals surface area contributed by atoms with E-state index in [-0.39, 0.29) is 11.5 Å². The highest BCUT2D eigenvalue weighted by Crippen LogP contribution is 2.30. The fourth-order valence-corrected chi connectivity index (χ4v) is 3.04. The Morgan fingerprint density at radius 3 is 2.64 bits per heavy atom. The number of pyridine rings is 1. The largest absolute Gasteiger partial charge is 0.253 e. The summed E-state index contributed by atoms with van der Waals surface area (Å²) >= 11 is 0. The lowest BCUT2D eigenvalue weighted by atomic mass is 9.93. The molecule has 0 radical (unpaired) electrons. The first-order valence-electron chi connectivity index (χ1n) is 10.4. The maximum Gasteiger partial charge on any atom is 0.251 e. The first kappa shape index (κ1) is 14.9. The molecule has 0 spiro atoms. The Hall–Kier alpha value is -3.15. The normalized spacial score (nSPS) is 14.0. The van der Waals surface area contributed by atoms with Crippen molar-refractivity contribution in [3.8, 4) is 22.5 Å². The van der Waals surface area contributed by atoms with Crippen LogP contribution < -0.4 is 0 Å². The number of nitrogens with zero attached hydrogens (tertiary/aromatic N) is 5. The number of aryl methyl sites for hydroxylation is 2. The number of fused-ring (bicyclic) bond motifs is 1. The smallest absolute Gasteiger partial charge is 0.251 e. The molecule has 5 nitrogen and oxygen atoms in total. The lowest BCUT2D eigenvalue weighted by Crippen LogP contribution is -2.15. The van der Waals surface area contributed by atoms with Gasteiger partial charge in [0, 0.05) is 26.9 Å². The first-order valence-corrected chi connectivity index (χ1v) is 8.94. The van der Waals surface area contributed by atoms with Crippen molar-refractivity contribution in [2.24, 2.45) is 0 Å². The van der Waals surface area contributed by atoms with E-state index in [1.165, 1.54) is 12.3 Å². The Bertz CT molecular complexity index is 1290. The van der Waals surface area contributed by atoms with Gasteiger partial charge in [-0.3, -0.25) is 4.98 Å². The van der Waals surface area contributed by atoms with Crippen LogP contribution in [0.2, 0.25) is 0 Å². The van der Waals surface area contributed by atoms with Gasteiger partial charge >= 0.3 is 0 Å². The van der Waals surface area contributed by atoms with Crippen molar-refractivity contribution < 1.29 is 8.50 Å². The van der Waals surface area contributed by atoms with Crippen molar-refractivity contribution in [2.45, 2.75) is 40.0 Å². The molecule has 4 rings (SSSR count). The highest BCUT2D eigenvalue weighted by Gasteiger charge is 2.19. The molecule has 0 unspecified atom stereocenters. The maximum absolute atomic E-state index is 14.5. The molecule has 3 aromatic heterocycles. The SMILES string of the molecule is [2H]C([2H])([2H])C(C)(C)c1cnn2c(-c3ccc(C)c(-c4ncc(C)cc4F)c3)cnc2n1. The Morgan fingerprint density at radius 1 is 1.07 bits per heavy atom. The average molecular weight is 378 g/mol. The zero-order valence-electron chi connectivity index (χ0n) is 19.2. The third-order valence-electron chi connectivity index (χ3n) is 4.64. The minimum atomic E-state index is -2.23. The molecular weight excluding hydrogens is 353 g/mol. The summed E-state index contributed by atoms with van der Waals surface area (Å²) in [7, 11) is 0. The van der Waals surface area contributed by atoms with Crippen molar-refractivity contribution >= 4 is 5.78 Å². The van der Waals surface area contributed by atoms with Crippen LogP contribution in [0.25, 0.3) is 28.3 Å². The summed E-state index contributed by atoms with van der Waals surface area (Å²) in [5.74, 6) is -0.0821. The second-order valence-electron chi connectivity index (χ2n) is 7.49. The predicted molar refractivity (Wildman–Crippen MR) is 108 cm³/mol. The lowest BCUT2D eigenvalue weighted by molar-refractivity contribution is 0.562. The number of rotatable bonds is 2. The lowest BCUT2D eigenvalue weighted by Gasteiger charge is -2.16. The third-order valence-corrected chi connectivity index (χ3v) is 4.64. The molecule has 0 saturated carbocycles. The molecule has 0 atom stereocenters. The third kappa shape index (κ3) is 3.15. The van der Waals surface area contributed by atoms with Gasteiger partial charge in [-0.05, 0) is 37.1 Å². The van der Waals surface area contributed by atoms with E-state index in [1.54, 1.807) is 37.7 Å². The van der Waals surface area contributed by atoms with Crippen molar-refractivity contribution in [3.05, 3.63) is 65.5 Å². The van der Waals surface area contributed by atoms with Crippen molar-refractivity contribution in [3.63, 3.8) is 0 Å². The van der Waals surface area contributed by atoms with E-state index in [0.29, 0.717) is 22.7 Å². The molecule has 4 aromatic rings. The van der Waals surface area contributed by atoms with Gasteiger partial charge in [-0.2, -0.15) is 9.61 Å². The summed E-state index contributed by atoms with van der Waals surface area (Å²) in [6.07, 6.45) is 4.72. The number of hydrogen-bond donors (Lipinski definition) is 0. The quantitative estimate of drug-likeness (QED) is 0.497. The van der Waals surface area contributed by atoms with Gasteiger partial charge in [0.05, 0.1) is 23.8 Å². The molecule has 0 N–H and O–H groups in total. The molecule has 0 amide bonds. The van der Waals surface area contributed by atoms with Crippen molar-refractivity contribution in [1.82, 2.24) is 24.6 Å². The van der Waals surface area contributed by atoms with Crippen LogP contribution in [0.1, 0.15) is 41.6 Å². The van der Waals surface area contributed by atoms with Crippen LogP contribution in [0.4, 0.5) is 4.39 Å². The molecule has 28 heavy (non-hydrogen) atoms. The number of benzene rings is 1. The molecule has 0 bridgehead atoms. The van der Waals surface area contributed by atoms with E-state index in [0.717, 1.165) is 16.7 Å². The number of hydrogen-bond acceptors (Lipinski definition) is 4. The zero-order valence-corrected chi connectivity index (χ0v) is 16.2. The van der Waals surface area contributed by atoms with Gasteiger partial charge < -0.3 is 0 Å². The van der Waals surface area contributed by atoms with Crippen LogP contribution >= 0.6 is 0 Å². The number of aromatic nitrogens is 5. The Labute approximate surface area is 167 Å². The van der Waals surface area contributed by atoms with Crippen LogP contribution in [0, 0.1) is 19.7 Å². The van der Waals surface area contributed by atoms with E-state index < -0.39 is 12.3 Å². The van der Waals surface area contributed by atoms with Crippen LogP contribution in [-0.2, 0) is 5.41 Å². The van der Waals surface area contributed by atoms with Crippen LogP contribution in [0.5, 0.6) is 0 Å². The van der Waals surface area contributed by atoms with Crippen molar-refractivity contribution in [1.29, 1.82) is 0 Å². The van der Waals surface area contributed by atoms with Gasteiger partial charge in [0.25, 0.3) is 5.78 Å². The minimum absolute atomic E-state index is 0.284. The zero-order chi connectivity index (χ0) is 22.6. The highest BCUT2D eigenvalue weighted by molar-refractivity contribution is 5.73. The Morgan fingerprint density at radius 2 is 1.89 bits per heavy atom. The van der Waals surface area contributed by atoms with E-state index >= 15 is 0 Å². The van der Waals surface area contributed by atoms with Gasteiger partial charge in [-0.1, -0.05) is 32.8 Å². The highest BCUT2D eigenvalue weighted by atomic mass is 19.1. The fourth-order valence-electron chi connectivity index (χ4n) is 3.04. The van der Waals surface area contributed by atoms with E-state index in [9.17, 15) is 4.39 Å². The summed E-state index contributed by atoms with van der Waals surface area (Å²) in [4.78, 5) is 13.0. The summed E-state index contributed by atoms with van der Waals surface area (Å²) < 4.78 is 39.4. The second kappa shape index (κ2) is 6.48. The van der Waals surface area contributed by atoms with E-state index in [1.807, 2.05) is 25.1 Å². The monoisotopic (exact) mass is 378 g/mol. The molecule has 1 aromatic carbocycles. The molecule has 0 fully saturated rings. The van der Waals surface area contributed by atoms with E-state index in [2.05, 4.69) is 20.1 Å². The number of halogens is 1. The molecule has 142 valence electrons. The van der Waals surface area contributed by atoms with Gasteiger partial charge in [0.15, 0.2) is 0 Å². The van der Waals surface area contributed by atoms with Crippen LogP contribution in [0.15, 0.2) is 42.9 Å². The predicted octanol–water partition coefficient (Wildman–Crippen LogP) is 4.91. The summed E-state index contributed by atoms with van der Waals surface area (Å²) in [5, 5.41) is 4.40. The molecule has 0 aliphatic carbocycles. The molecule has 0 aliphatic rings. The fraction of sp³-hybridized carbons (Fsp3) is 0.273. The molecule has 0 saturated heterocycles. The van der Waals surface area contributed by atoms with Gasteiger partial charge in [-0.15, -0.1) is 0 Å². The second-order valence-corrected chi connectivity index (χ2v) is 7.49. The minimum Gasteiger partial charge on any atom is -0.253 e. The summed E-state index contributed by atoms with van der Waals surface area (Å²) in [5.41, 5.74) is 3.21. The maximum atomic E-state index is 14.5. The Kier molecular flexibility index (Phi) is 3.44.